The van der Waals surface area contributed by atoms with Gasteiger partial charge in [-0.15, -0.1) is 0 Å². The van der Waals surface area contributed by atoms with Crippen molar-refractivity contribution in [2.24, 2.45) is 5.92 Å². The van der Waals surface area contributed by atoms with E-state index in [0.29, 0.717) is 4.57 Å². The summed E-state index contributed by atoms with van der Waals surface area (Å²) in [5, 5.41) is 22.9. The van der Waals surface area contributed by atoms with E-state index in [1.807, 2.05) is 4.98 Å². The number of hydrogen-bond donors (Lipinski definition) is 8. The molecule has 2 heterocycles. The van der Waals surface area contributed by atoms with Crippen LogP contribution in [-0.2, 0) is 31.6 Å². The molecular formula is C14H24N3O16P3. The summed E-state index contributed by atoms with van der Waals surface area (Å²) in [5.74, 6) is -0.819. The monoisotopic (exact) mass is 583 g/mol. The summed E-state index contributed by atoms with van der Waals surface area (Å²) >= 11 is 0. The van der Waals surface area contributed by atoms with Crippen molar-refractivity contribution >= 4 is 29.4 Å². The molecule has 1 fully saturated rings. The third-order valence-electron chi connectivity index (χ3n) is 4.31. The van der Waals surface area contributed by atoms with Crippen LogP contribution in [-0.4, -0.2) is 76.7 Å². The van der Waals surface area contributed by atoms with Crippen molar-refractivity contribution in [1.29, 1.82) is 0 Å². The molecule has 2 rings (SSSR count). The van der Waals surface area contributed by atoms with Gasteiger partial charge in [-0.2, -0.15) is 8.62 Å². The average molecular weight is 583 g/mol. The van der Waals surface area contributed by atoms with Gasteiger partial charge in [-0.1, -0.05) is 13.8 Å². The van der Waals surface area contributed by atoms with E-state index in [1.165, 1.54) is 0 Å². The molecule has 6 atom stereocenters. The minimum atomic E-state index is -5.79. The highest BCUT2D eigenvalue weighted by Gasteiger charge is 2.47. The lowest BCUT2D eigenvalue weighted by Crippen LogP contribution is -2.41. The van der Waals surface area contributed by atoms with Gasteiger partial charge in [-0.25, -0.2) is 18.5 Å². The van der Waals surface area contributed by atoms with Crippen LogP contribution >= 0.6 is 23.5 Å². The topological polar surface area (TPSA) is 293 Å². The summed E-state index contributed by atoms with van der Waals surface area (Å²) in [5.41, 5.74) is -2.72. The van der Waals surface area contributed by atoms with Crippen LogP contribution in [0, 0.1) is 5.92 Å². The Labute approximate surface area is 201 Å². The first-order valence-electron chi connectivity index (χ1n) is 9.75. The number of nitrogens with zero attached hydrogens (tertiary/aromatic N) is 1. The van der Waals surface area contributed by atoms with Crippen molar-refractivity contribution in [3.05, 3.63) is 32.6 Å². The number of phosphoric acid groups is 3. The summed E-state index contributed by atoms with van der Waals surface area (Å²) in [6.45, 7) is 2.65. The van der Waals surface area contributed by atoms with Gasteiger partial charge < -0.3 is 39.8 Å². The summed E-state index contributed by atoms with van der Waals surface area (Å²) in [6.07, 6.45) is -6.47. The van der Waals surface area contributed by atoms with Crippen LogP contribution in [0.15, 0.2) is 15.8 Å². The number of aromatic amines is 1. The zero-order chi connectivity index (χ0) is 27.6. The second kappa shape index (κ2) is 11.4. The molecule has 206 valence electrons. The number of nitrogens with one attached hydrogen (secondary N) is 2. The van der Waals surface area contributed by atoms with Gasteiger partial charge >= 0.3 is 29.2 Å². The molecule has 1 amide bonds. The molecule has 36 heavy (non-hydrogen) atoms. The van der Waals surface area contributed by atoms with E-state index in [4.69, 9.17) is 19.4 Å². The van der Waals surface area contributed by atoms with Crippen molar-refractivity contribution in [1.82, 2.24) is 14.9 Å². The first-order chi connectivity index (χ1) is 16.3. The summed E-state index contributed by atoms with van der Waals surface area (Å²) in [6, 6.07) is 0. The van der Waals surface area contributed by atoms with Crippen molar-refractivity contribution in [2.45, 2.75) is 38.4 Å². The van der Waals surface area contributed by atoms with Gasteiger partial charge in [-0.05, 0) is 5.92 Å². The quantitative estimate of drug-likeness (QED) is 0.129. The molecule has 0 bridgehead atoms. The molecule has 0 saturated carbocycles. The van der Waals surface area contributed by atoms with E-state index in [0.717, 1.165) is 6.20 Å². The van der Waals surface area contributed by atoms with E-state index in [-0.39, 0.29) is 12.5 Å². The van der Waals surface area contributed by atoms with Gasteiger partial charge in [0, 0.05) is 12.7 Å². The van der Waals surface area contributed by atoms with E-state index >= 15 is 0 Å². The average Bonchev–Trinajstić information content (AvgIpc) is 2.96. The van der Waals surface area contributed by atoms with Gasteiger partial charge in [0.05, 0.1) is 6.61 Å². The van der Waals surface area contributed by atoms with Crippen LogP contribution in [0.3, 0.4) is 0 Å². The highest BCUT2D eigenvalue weighted by molar-refractivity contribution is 7.66. The summed E-state index contributed by atoms with van der Waals surface area (Å²) < 4.78 is 51.1. The van der Waals surface area contributed by atoms with Crippen molar-refractivity contribution in [3.63, 3.8) is 0 Å². The number of aliphatic hydroxyl groups is 2. The summed E-state index contributed by atoms with van der Waals surface area (Å²) in [7, 11) is -17.0. The predicted octanol–water partition coefficient (Wildman–Crippen LogP) is -2.12. The Bertz CT molecular complexity index is 1220. The van der Waals surface area contributed by atoms with Crippen LogP contribution in [0.2, 0.25) is 0 Å². The molecule has 0 aliphatic carbocycles. The van der Waals surface area contributed by atoms with Gasteiger partial charge in [0.25, 0.3) is 11.5 Å². The summed E-state index contributed by atoms with van der Waals surface area (Å²) in [4.78, 5) is 74.1. The zero-order valence-electron chi connectivity index (χ0n) is 18.4. The fourth-order valence-corrected chi connectivity index (χ4v) is 5.83. The number of rotatable bonds is 11. The van der Waals surface area contributed by atoms with Crippen LogP contribution < -0.4 is 16.6 Å². The zero-order valence-corrected chi connectivity index (χ0v) is 21.1. The number of phosphoric ester groups is 1. The lowest BCUT2D eigenvalue weighted by molar-refractivity contribution is -0.0543. The van der Waals surface area contributed by atoms with Crippen molar-refractivity contribution < 1.29 is 66.2 Å². The highest BCUT2D eigenvalue weighted by atomic mass is 31.3. The molecule has 0 radical (unpaired) electrons. The third-order valence-corrected chi connectivity index (χ3v) is 8.12. The first-order valence-corrected chi connectivity index (χ1v) is 14.3. The molecule has 1 saturated heterocycles. The van der Waals surface area contributed by atoms with Crippen molar-refractivity contribution in [2.75, 3.05) is 13.2 Å². The lowest BCUT2D eigenvalue weighted by atomic mass is 10.1. The molecule has 22 heteroatoms. The maximum absolute atomic E-state index is 12.3. The number of aliphatic hydroxyl groups excluding tert-OH is 2. The van der Waals surface area contributed by atoms with E-state index in [1.54, 1.807) is 13.8 Å². The molecule has 2 unspecified atom stereocenters. The predicted molar refractivity (Wildman–Crippen MR) is 114 cm³/mol. The Morgan fingerprint density at radius 2 is 1.72 bits per heavy atom. The lowest BCUT2D eigenvalue weighted by Gasteiger charge is -2.19. The Hall–Kier alpha value is -1.56. The maximum atomic E-state index is 12.3. The third kappa shape index (κ3) is 8.49. The number of aromatic nitrogens is 2. The molecule has 1 aliphatic rings. The van der Waals surface area contributed by atoms with Gasteiger partial charge in [-0.3, -0.25) is 23.7 Å². The molecule has 1 aromatic heterocycles. The van der Waals surface area contributed by atoms with Crippen LogP contribution in [0.25, 0.3) is 0 Å². The van der Waals surface area contributed by atoms with Gasteiger partial charge in [0.1, 0.15) is 23.9 Å². The molecule has 0 aromatic carbocycles. The van der Waals surface area contributed by atoms with Crippen LogP contribution in [0.4, 0.5) is 0 Å². The fourth-order valence-electron chi connectivity index (χ4n) is 2.80. The number of amides is 1. The molecule has 19 nitrogen and oxygen atoms in total. The minimum Gasteiger partial charge on any atom is -0.387 e. The number of ether oxygens (including phenoxy) is 1. The Morgan fingerprint density at radius 3 is 2.28 bits per heavy atom. The van der Waals surface area contributed by atoms with Gasteiger partial charge in [0.15, 0.2) is 6.23 Å². The normalized spacial score (nSPS) is 25.9. The van der Waals surface area contributed by atoms with Crippen LogP contribution in [0.5, 0.6) is 0 Å². The Balaban J connectivity index is 2.17. The van der Waals surface area contributed by atoms with E-state index < -0.39 is 77.3 Å². The standard InChI is InChI=1S/C14H24N3O16P3/c1-6(2)3-15-11(20)7-4-17(14(22)16-12(7)21)13-10(19)9(18)8(31-13)5-30-35(26,27)33-36(28,29)32-34(23,24)25/h4,6,8-10,13,18-19H,3,5H2,1-2H3,(H,15,20)(H,26,27)(H,28,29)(H,16,21,22)(H2,23,24,25)/t8-,9-,10-,13-/m1/s1. The SMILES string of the molecule is CC(C)CNC(=O)c1cn([C@@H]2O[C@H](COP(=O)(O)OP(=O)(O)OP(=O)(O)O)[C@@H](O)[C@H]2O)c(=O)[nH]c1=O. The van der Waals surface area contributed by atoms with Crippen LogP contribution in [0.1, 0.15) is 30.4 Å². The largest absolute Gasteiger partial charge is 0.490 e. The number of hydrogen-bond acceptors (Lipinski definition) is 12. The molecule has 0 spiro atoms. The minimum absolute atomic E-state index is 0.0319. The molecule has 1 aromatic rings. The Kier molecular flexibility index (Phi) is 9.75. The second-order valence-electron chi connectivity index (χ2n) is 7.75. The number of carbonyl (C=O) groups excluding carboxylic acids is 1. The molecular weight excluding hydrogens is 559 g/mol. The smallest absolute Gasteiger partial charge is 0.387 e. The van der Waals surface area contributed by atoms with Gasteiger partial charge in [0.2, 0.25) is 0 Å². The number of H-pyrrole nitrogens is 1. The first kappa shape index (κ1) is 30.7. The second-order valence-corrected chi connectivity index (χ2v) is 12.2. The van der Waals surface area contributed by atoms with E-state index in [9.17, 15) is 43.2 Å². The fraction of sp³-hybridized carbons (Fsp3) is 0.643. The molecule has 8 N–H and O–H groups in total. The Morgan fingerprint density at radius 1 is 1.11 bits per heavy atom. The molecule has 1 aliphatic heterocycles. The van der Waals surface area contributed by atoms with Crippen molar-refractivity contribution in [3.8, 4) is 0 Å². The number of carbonyl (C=O) groups is 1. The maximum Gasteiger partial charge on any atom is 0.490 e. The van der Waals surface area contributed by atoms with E-state index in [2.05, 4.69) is 18.5 Å². The highest BCUT2D eigenvalue weighted by Crippen LogP contribution is 2.66.